The van der Waals surface area contributed by atoms with Crippen LogP contribution in [-0.2, 0) is 11.2 Å². The lowest BCUT2D eigenvalue weighted by molar-refractivity contribution is -0.121. The number of nitrogens with zero attached hydrogens (tertiary/aromatic N) is 1. The summed E-state index contributed by atoms with van der Waals surface area (Å²) in [7, 11) is 0. The number of nitrogens with one attached hydrogen (secondary N) is 1. The highest BCUT2D eigenvalue weighted by molar-refractivity contribution is 5.78. The molecule has 106 valence electrons. The predicted molar refractivity (Wildman–Crippen MR) is 77.2 cm³/mol. The van der Waals surface area contributed by atoms with Crippen molar-refractivity contribution < 1.29 is 9.90 Å². The van der Waals surface area contributed by atoms with Crippen LogP contribution in [0.25, 0.3) is 0 Å². The number of rotatable bonds is 7. The molecule has 0 saturated heterocycles. The maximum absolute atomic E-state index is 11.9. The topological polar surface area (TPSA) is 52.6 Å². The average Bonchev–Trinajstić information content (AvgIpc) is 2.35. The van der Waals surface area contributed by atoms with Gasteiger partial charge in [-0.3, -0.25) is 4.79 Å². The van der Waals surface area contributed by atoms with Crippen LogP contribution in [0.1, 0.15) is 26.3 Å². The number of hydrogen-bond donors (Lipinski definition) is 2. The van der Waals surface area contributed by atoms with Gasteiger partial charge in [0, 0.05) is 12.6 Å². The van der Waals surface area contributed by atoms with Crippen LogP contribution in [0.3, 0.4) is 0 Å². The first-order valence-corrected chi connectivity index (χ1v) is 6.84. The van der Waals surface area contributed by atoms with Gasteiger partial charge in [-0.2, -0.15) is 0 Å². The molecule has 1 unspecified atom stereocenters. The van der Waals surface area contributed by atoms with Crippen molar-refractivity contribution in [3.8, 4) is 5.75 Å². The van der Waals surface area contributed by atoms with Gasteiger partial charge in [0.15, 0.2) is 0 Å². The summed E-state index contributed by atoms with van der Waals surface area (Å²) in [5.74, 6) is 0.187. The SMILES string of the molecule is CCN(CC)CC(C)NC(=O)Cc1cccc(O)c1. The summed E-state index contributed by atoms with van der Waals surface area (Å²) in [5.41, 5.74) is 0.826. The van der Waals surface area contributed by atoms with Crippen LogP contribution in [0.4, 0.5) is 0 Å². The summed E-state index contributed by atoms with van der Waals surface area (Å²) in [5, 5.41) is 12.3. The van der Waals surface area contributed by atoms with E-state index < -0.39 is 0 Å². The minimum Gasteiger partial charge on any atom is -0.508 e. The summed E-state index contributed by atoms with van der Waals surface area (Å²) < 4.78 is 0. The largest absolute Gasteiger partial charge is 0.508 e. The Morgan fingerprint density at radius 2 is 2.05 bits per heavy atom. The van der Waals surface area contributed by atoms with E-state index >= 15 is 0 Å². The first-order valence-electron chi connectivity index (χ1n) is 6.84. The van der Waals surface area contributed by atoms with E-state index in [2.05, 4.69) is 24.1 Å². The van der Waals surface area contributed by atoms with Gasteiger partial charge in [-0.05, 0) is 37.7 Å². The van der Waals surface area contributed by atoms with Gasteiger partial charge in [0.05, 0.1) is 6.42 Å². The van der Waals surface area contributed by atoms with E-state index in [9.17, 15) is 9.90 Å². The molecule has 0 saturated carbocycles. The zero-order valence-corrected chi connectivity index (χ0v) is 12.0. The lowest BCUT2D eigenvalue weighted by atomic mass is 10.1. The Hall–Kier alpha value is -1.55. The van der Waals surface area contributed by atoms with Crippen molar-refractivity contribution in [1.29, 1.82) is 0 Å². The number of carbonyl (C=O) groups is 1. The molecule has 1 amide bonds. The zero-order valence-electron chi connectivity index (χ0n) is 12.0. The van der Waals surface area contributed by atoms with Gasteiger partial charge >= 0.3 is 0 Å². The molecule has 0 bridgehead atoms. The van der Waals surface area contributed by atoms with Crippen LogP contribution in [0.2, 0.25) is 0 Å². The van der Waals surface area contributed by atoms with Gasteiger partial charge in [0.25, 0.3) is 0 Å². The van der Waals surface area contributed by atoms with Crippen molar-refractivity contribution in [1.82, 2.24) is 10.2 Å². The molecular formula is C15H24N2O2. The Balaban J connectivity index is 2.42. The summed E-state index contributed by atoms with van der Waals surface area (Å²) in [4.78, 5) is 14.2. The van der Waals surface area contributed by atoms with Crippen LogP contribution in [0, 0.1) is 0 Å². The van der Waals surface area contributed by atoms with E-state index in [1.165, 1.54) is 0 Å². The molecule has 1 aromatic rings. The normalized spacial score (nSPS) is 12.4. The molecule has 0 aliphatic heterocycles. The fourth-order valence-corrected chi connectivity index (χ4v) is 2.09. The summed E-state index contributed by atoms with van der Waals surface area (Å²) in [6.45, 7) is 9.08. The number of likely N-dealkylation sites (N-methyl/N-ethyl adjacent to an activating group) is 1. The second-order valence-corrected chi connectivity index (χ2v) is 4.80. The molecule has 1 atom stereocenters. The fraction of sp³-hybridized carbons (Fsp3) is 0.533. The molecule has 4 heteroatoms. The second-order valence-electron chi connectivity index (χ2n) is 4.80. The Bertz CT molecular complexity index is 403. The fourth-order valence-electron chi connectivity index (χ4n) is 2.09. The van der Waals surface area contributed by atoms with Crippen molar-refractivity contribution in [2.24, 2.45) is 0 Å². The number of carbonyl (C=O) groups excluding carboxylic acids is 1. The molecule has 0 aromatic heterocycles. The number of phenolic OH excluding ortho intramolecular Hbond substituents is 1. The quantitative estimate of drug-likeness (QED) is 0.789. The number of benzene rings is 1. The summed E-state index contributed by atoms with van der Waals surface area (Å²) >= 11 is 0. The van der Waals surface area contributed by atoms with Gasteiger partial charge in [-0.1, -0.05) is 26.0 Å². The van der Waals surface area contributed by atoms with Gasteiger partial charge in [-0.15, -0.1) is 0 Å². The van der Waals surface area contributed by atoms with E-state index in [4.69, 9.17) is 0 Å². The molecule has 0 aliphatic carbocycles. The highest BCUT2D eigenvalue weighted by atomic mass is 16.3. The first-order chi connectivity index (χ1) is 9.05. The third kappa shape index (κ3) is 5.75. The van der Waals surface area contributed by atoms with E-state index in [1.807, 2.05) is 13.0 Å². The van der Waals surface area contributed by atoms with Crippen LogP contribution >= 0.6 is 0 Å². The molecule has 0 fully saturated rings. The average molecular weight is 264 g/mol. The molecule has 0 spiro atoms. The standard InChI is InChI=1S/C15H24N2O2/c1-4-17(5-2)11-12(3)16-15(19)10-13-7-6-8-14(18)9-13/h6-9,12,18H,4-5,10-11H2,1-3H3,(H,16,19). The summed E-state index contributed by atoms with van der Waals surface area (Å²) in [6, 6.07) is 6.94. The van der Waals surface area contributed by atoms with E-state index in [0.29, 0.717) is 6.42 Å². The predicted octanol–water partition coefficient (Wildman–Crippen LogP) is 1.78. The zero-order chi connectivity index (χ0) is 14.3. The van der Waals surface area contributed by atoms with E-state index in [-0.39, 0.29) is 17.7 Å². The van der Waals surface area contributed by atoms with Crippen LogP contribution in [0.15, 0.2) is 24.3 Å². The highest BCUT2D eigenvalue weighted by Crippen LogP contribution is 2.11. The smallest absolute Gasteiger partial charge is 0.224 e. The molecule has 0 heterocycles. The third-order valence-electron chi connectivity index (χ3n) is 3.11. The van der Waals surface area contributed by atoms with Gasteiger partial charge in [0.1, 0.15) is 5.75 Å². The Kier molecular flexibility index (Phi) is 6.36. The Morgan fingerprint density at radius 1 is 1.37 bits per heavy atom. The monoisotopic (exact) mass is 264 g/mol. The van der Waals surface area contributed by atoms with E-state index in [0.717, 1.165) is 25.2 Å². The van der Waals surface area contributed by atoms with Crippen LogP contribution in [-0.4, -0.2) is 41.6 Å². The second kappa shape index (κ2) is 7.79. The Labute approximate surface area is 115 Å². The Morgan fingerprint density at radius 3 is 2.63 bits per heavy atom. The van der Waals surface area contributed by atoms with Crippen molar-refractivity contribution in [3.05, 3.63) is 29.8 Å². The van der Waals surface area contributed by atoms with Gasteiger partial charge in [-0.25, -0.2) is 0 Å². The number of phenols is 1. The molecule has 0 aliphatic rings. The van der Waals surface area contributed by atoms with E-state index in [1.54, 1.807) is 18.2 Å². The van der Waals surface area contributed by atoms with Crippen LogP contribution in [0.5, 0.6) is 5.75 Å². The number of aromatic hydroxyl groups is 1. The maximum Gasteiger partial charge on any atom is 0.224 e. The molecule has 1 rings (SSSR count). The minimum atomic E-state index is -0.00902. The third-order valence-corrected chi connectivity index (χ3v) is 3.11. The van der Waals surface area contributed by atoms with Gasteiger partial charge in [0.2, 0.25) is 5.91 Å². The first kappa shape index (κ1) is 15.5. The van der Waals surface area contributed by atoms with Crippen LogP contribution < -0.4 is 5.32 Å². The number of hydrogen-bond acceptors (Lipinski definition) is 3. The molecule has 1 aromatic carbocycles. The molecule has 19 heavy (non-hydrogen) atoms. The van der Waals surface area contributed by atoms with Crippen molar-refractivity contribution in [2.75, 3.05) is 19.6 Å². The number of amides is 1. The maximum atomic E-state index is 11.9. The molecule has 2 N–H and O–H groups in total. The summed E-state index contributed by atoms with van der Waals surface area (Å²) in [6.07, 6.45) is 0.303. The lowest BCUT2D eigenvalue weighted by Crippen LogP contribution is -2.42. The molecule has 4 nitrogen and oxygen atoms in total. The lowest BCUT2D eigenvalue weighted by Gasteiger charge is -2.23. The van der Waals surface area contributed by atoms with Gasteiger partial charge < -0.3 is 15.3 Å². The molecular weight excluding hydrogens is 240 g/mol. The van der Waals surface area contributed by atoms with Crippen molar-refractivity contribution >= 4 is 5.91 Å². The van der Waals surface area contributed by atoms with Crippen molar-refractivity contribution in [3.63, 3.8) is 0 Å². The highest BCUT2D eigenvalue weighted by Gasteiger charge is 2.11. The molecule has 0 radical (unpaired) electrons. The minimum absolute atomic E-state index is 0.00902. The van der Waals surface area contributed by atoms with Crippen molar-refractivity contribution in [2.45, 2.75) is 33.2 Å².